The van der Waals surface area contributed by atoms with Crippen molar-refractivity contribution in [1.82, 2.24) is 10.2 Å². The van der Waals surface area contributed by atoms with E-state index in [-0.39, 0.29) is 29.7 Å². The number of nitrogens with one attached hydrogen (secondary N) is 2. The maximum atomic E-state index is 13.1. The minimum Gasteiger partial charge on any atom is -0.354 e. The molecule has 1 aliphatic heterocycles. The van der Waals surface area contributed by atoms with Crippen LogP contribution in [-0.2, 0) is 9.59 Å². The highest BCUT2D eigenvalue weighted by atomic mass is 16.2. The fourth-order valence-electron chi connectivity index (χ4n) is 3.75. The van der Waals surface area contributed by atoms with E-state index in [1.54, 1.807) is 18.2 Å². The Morgan fingerprint density at radius 1 is 1.25 bits per heavy atom. The average Bonchev–Trinajstić information content (AvgIpc) is 3.43. The van der Waals surface area contributed by atoms with E-state index < -0.39 is 0 Å². The van der Waals surface area contributed by atoms with E-state index in [2.05, 4.69) is 17.6 Å². The Labute approximate surface area is 166 Å². The van der Waals surface area contributed by atoms with Crippen molar-refractivity contribution >= 4 is 23.4 Å². The van der Waals surface area contributed by atoms with E-state index in [4.69, 9.17) is 5.73 Å². The molecule has 2 fully saturated rings. The van der Waals surface area contributed by atoms with Crippen molar-refractivity contribution in [2.75, 3.05) is 25.0 Å². The molecule has 3 atom stereocenters. The topological polar surface area (TPSA) is 105 Å². The minimum atomic E-state index is -0.0838. The number of amides is 3. The van der Waals surface area contributed by atoms with Crippen molar-refractivity contribution in [3.8, 4) is 0 Å². The lowest BCUT2D eigenvalue weighted by atomic mass is 10.0. The van der Waals surface area contributed by atoms with Gasteiger partial charge in [-0.05, 0) is 49.8 Å². The van der Waals surface area contributed by atoms with E-state index in [1.165, 1.54) is 0 Å². The third-order valence-corrected chi connectivity index (χ3v) is 5.62. The zero-order valence-corrected chi connectivity index (χ0v) is 16.4. The molecule has 7 nitrogen and oxygen atoms in total. The first kappa shape index (κ1) is 20.3. The second-order valence-electron chi connectivity index (χ2n) is 7.88. The predicted molar refractivity (Wildman–Crippen MR) is 108 cm³/mol. The molecule has 0 radical (unpaired) electrons. The third kappa shape index (κ3) is 5.10. The number of nitrogens with zero attached hydrogens (tertiary/aromatic N) is 1. The number of hydrogen-bond acceptors (Lipinski definition) is 4. The van der Waals surface area contributed by atoms with Gasteiger partial charge in [-0.1, -0.05) is 13.0 Å². The van der Waals surface area contributed by atoms with Gasteiger partial charge in [0.2, 0.25) is 11.8 Å². The van der Waals surface area contributed by atoms with Crippen molar-refractivity contribution in [2.45, 2.75) is 45.1 Å². The van der Waals surface area contributed by atoms with Gasteiger partial charge >= 0.3 is 0 Å². The van der Waals surface area contributed by atoms with Gasteiger partial charge in [0.15, 0.2) is 0 Å². The summed E-state index contributed by atoms with van der Waals surface area (Å²) in [6, 6.07) is 7.10. The number of carbonyl (C=O) groups is 3. The molecule has 2 aliphatic rings. The molecule has 1 heterocycles. The molecule has 3 amide bonds. The Balaban J connectivity index is 1.64. The first-order valence-electron chi connectivity index (χ1n) is 10.2. The highest BCUT2D eigenvalue weighted by Crippen LogP contribution is 2.38. The standard InChI is InChI=1S/C21H30N4O3/c1-14-11-18(14)20(27)24-16-6-4-5-15(12-16)21(28)25-10-3-2-7-17(25)13-23-19(26)8-9-22/h4-6,12,14,17-18H,2-3,7-11,13,22H2,1H3,(H,23,26)(H,24,27). The molecule has 7 heteroatoms. The Morgan fingerprint density at radius 2 is 2.04 bits per heavy atom. The average molecular weight is 386 g/mol. The predicted octanol–water partition coefficient (Wildman–Crippen LogP) is 1.74. The second-order valence-corrected chi connectivity index (χ2v) is 7.88. The van der Waals surface area contributed by atoms with Crippen molar-refractivity contribution < 1.29 is 14.4 Å². The molecule has 0 aromatic heterocycles. The summed E-state index contributed by atoms with van der Waals surface area (Å²) >= 11 is 0. The number of rotatable bonds is 7. The van der Waals surface area contributed by atoms with Crippen LogP contribution in [0.3, 0.4) is 0 Å². The minimum absolute atomic E-state index is 0.0199. The van der Waals surface area contributed by atoms with Crippen LogP contribution in [0.25, 0.3) is 0 Å². The monoisotopic (exact) mass is 386 g/mol. The van der Waals surface area contributed by atoms with Gasteiger partial charge in [0.1, 0.15) is 0 Å². The van der Waals surface area contributed by atoms with Crippen molar-refractivity contribution in [1.29, 1.82) is 0 Å². The highest BCUT2D eigenvalue weighted by Gasteiger charge is 2.39. The molecule has 1 saturated carbocycles. The zero-order valence-electron chi connectivity index (χ0n) is 16.4. The van der Waals surface area contributed by atoms with E-state index in [9.17, 15) is 14.4 Å². The summed E-state index contributed by atoms with van der Waals surface area (Å²) in [5, 5.41) is 5.80. The molecule has 152 valence electrons. The quantitative estimate of drug-likeness (QED) is 0.664. The molecule has 1 aromatic rings. The summed E-state index contributed by atoms with van der Waals surface area (Å²) in [6.07, 6.45) is 4.08. The molecule has 1 saturated heterocycles. The number of hydrogen-bond donors (Lipinski definition) is 3. The molecule has 28 heavy (non-hydrogen) atoms. The van der Waals surface area contributed by atoms with E-state index in [0.717, 1.165) is 25.7 Å². The second kappa shape index (κ2) is 9.19. The van der Waals surface area contributed by atoms with Gasteiger partial charge in [0.05, 0.1) is 0 Å². The van der Waals surface area contributed by atoms with Crippen molar-refractivity contribution in [2.24, 2.45) is 17.6 Å². The summed E-state index contributed by atoms with van der Waals surface area (Å²) in [6.45, 7) is 3.50. The maximum Gasteiger partial charge on any atom is 0.254 e. The SMILES string of the molecule is CC1CC1C(=O)Nc1cccc(C(=O)N2CCCCC2CNC(=O)CCN)c1. The normalized spacial score (nSPS) is 23.8. The van der Waals surface area contributed by atoms with Gasteiger partial charge in [-0.3, -0.25) is 14.4 Å². The number of anilines is 1. The number of benzene rings is 1. The smallest absolute Gasteiger partial charge is 0.254 e. The van der Waals surface area contributed by atoms with E-state index >= 15 is 0 Å². The van der Waals surface area contributed by atoms with Crippen LogP contribution in [0.2, 0.25) is 0 Å². The number of carbonyl (C=O) groups excluding carboxylic acids is 3. The van der Waals surface area contributed by atoms with Gasteiger partial charge in [0, 0.05) is 49.3 Å². The molecule has 3 rings (SSSR count). The molecular formula is C21H30N4O3. The highest BCUT2D eigenvalue weighted by molar-refractivity contribution is 5.98. The fraction of sp³-hybridized carbons (Fsp3) is 0.571. The lowest BCUT2D eigenvalue weighted by molar-refractivity contribution is -0.121. The number of likely N-dealkylation sites (tertiary alicyclic amines) is 1. The van der Waals surface area contributed by atoms with E-state index in [1.807, 2.05) is 11.0 Å². The molecular weight excluding hydrogens is 356 g/mol. The zero-order chi connectivity index (χ0) is 20.1. The molecule has 4 N–H and O–H groups in total. The van der Waals surface area contributed by atoms with Gasteiger partial charge < -0.3 is 21.3 Å². The summed E-state index contributed by atoms with van der Waals surface area (Å²) in [5.41, 5.74) is 6.62. The third-order valence-electron chi connectivity index (χ3n) is 5.62. The van der Waals surface area contributed by atoms with Gasteiger partial charge in [-0.2, -0.15) is 0 Å². The van der Waals surface area contributed by atoms with Crippen LogP contribution in [0.15, 0.2) is 24.3 Å². The van der Waals surface area contributed by atoms with Gasteiger partial charge in [-0.25, -0.2) is 0 Å². The largest absolute Gasteiger partial charge is 0.354 e. The Kier molecular flexibility index (Phi) is 6.67. The molecule has 0 spiro atoms. The summed E-state index contributed by atoms with van der Waals surface area (Å²) in [7, 11) is 0. The molecule has 1 aliphatic carbocycles. The summed E-state index contributed by atoms with van der Waals surface area (Å²) in [4.78, 5) is 38.8. The molecule has 0 bridgehead atoms. The number of piperidine rings is 1. The Bertz CT molecular complexity index is 736. The van der Waals surface area contributed by atoms with Gasteiger partial charge in [0.25, 0.3) is 5.91 Å². The summed E-state index contributed by atoms with van der Waals surface area (Å²) < 4.78 is 0. The molecule has 1 aromatic carbocycles. The Hall–Kier alpha value is -2.41. The van der Waals surface area contributed by atoms with Crippen LogP contribution in [-0.4, -0.2) is 48.3 Å². The Morgan fingerprint density at radius 3 is 2.75 bits per heavy atom. The van der Waals surface area contributed by atoms with Crippen LogP contribution in [0.4, 0.5) is 5.69 Å². The summed E-state index contributed by atoms with van der Waals surface area (Å²) in [5.74, 6) is 0.403. The van der Waals surface area contributed by atoms with Crippen LogP contribution in [0, 0.1) is 11.8 Å². The lowest BCUT2D eigenvalue weighted by Gasteiger charge is -2.36. The van der Waals surface area contributed by atoms with Gasteiger partial charge in [-0.15, -0.1) is 0 Å². The number of nitrogens with two attached hydrogens (primary N) is 1. The maximum absolute atomic E-state index is 13.1. The van der Waals surface area contributed by atoms with Crippen molar-refractivity contribution in [3.05, 3.63) is 29.8 Å². The lowest BCUT2D eigenvalue weighted by Crippen LogP contribution is -2.49. The first-order valence-corrected chi connectivity index (χ1v) is 10.2. The van der Waals surface area contributed by atoms with E-state index in [0.29, 0.717) is 43.2 Å². The molecule has 3 unspecified atom stereocenters. The van der Waals surface area contributed by atoms with Crippen LogP contribution >= 0.6 is 0 Å². The van der Waals surface area contributed by atoms with Crippen LogP contribution in [0.1, 0.15) is 49.4 Å². The van der Waals surface area contributed by atoms with Crippen molar-refractivity contribution in [3.63, 3.8) is 0 Å². The van der Waals surface area contributed by atoms with Crippen LogP contribution < -0.4 is 16.4 Å². The first-order chi connectivity index (χ1) is 13.5. The van der Waals surface area contributed by atoms with Crippen LogP contribution in [0.5, 0.6) is 0 Å². The fourth-order valence-corrected chi connectivity index (χ4v) is 3.75.